The molecule has 1 aliphatic heterocycles. The van der Waals surface area contributed by atoms with E-state index in [1.807, 2.05) is 20.9 Å². The Kier molecular flexibility index (Phi) is 4.71. The second-order valence-corrected chi connectivity index (χ2v) is 11.7. The predicted octanol–water partition coefficient (Wildman–Crippen LogP) is 1.01. The molecular weight excluding hydrogens is 394 g/mol. The third kappa shape index (κ3) is 2.60. The van der Waals surface area contributed by atoms with Crippen LogP contribution in [-0.4, -0.2) is 48.4 Å². The molecule has 0 aromatic heterocycles. The molecule has 5 rings (SSSR count). The average molecular weight is 435 g/mol. The van der Waals surface area contributed by atoms with Crippen molar-refractivity contribution in [2.24, 2.45) is 40.2 Å². The van der Waals surface area contributed by atoms with Crippen LogP contribution >= 0.6 is 0 Å². The number of nitrogens with two attached hydrogens (primary N) is 2. The first-order valence-electron chi connectivity index (χ1n) is 11.8. The summed E-state index contributed by atoms with van der Waals surface area (Å²) in [6, 6.07) is -0.405. The molecule has 1 heterocycles. The van der Waals surface area contributed by atoms with E-state index in [4.69, 9.17) is 20.0 Å². The van der Waals surface area contributed by atoms with E-state index >= 15 is 0 Å². The molecule has 31 heavy (non-hydrogen) atoms. The number of hydrogen-bond donors (Lipinski definition) is 4. The minimum absolute atomic E-state index is 0.0188. The Hall–Kier alpha value is -0.800. The highest BCUT2D eigenvalue weighted by Gasteiger charge is 2.78. The fraction of sp³-hybridized carbons (Fsp3) is 0.833. The molecule has 3 fully saturated rings. The molecule has 1 spiro atoms. The van der Waals surface area contributed by atoms with Crippen molar-refractivity contribution < 1.29 is 25.0 Å². The molecule has 5 aliphatic rings. The van der Waals surface area contributed by atoms with Gasteiger partial charge >= 0.3 is 0 Å². The van der Waals surface area contributed by atoms with E-state index in [0.29, 0.717) is 18.4 Å². The van der Waals surface area contributed by atoms with Crippen LogP contribution in [0.4, 0.5) is 0 Å². The molecule has 2 bridgehead atoms. The van der Waals surface area contributed by atoms with Gasteiger partial charge in [0.05, 0.1) is 24.2 Å². The van der Waals surface area contributed by atoms with E-state index in [2.05, 4.69) is 45.3 Å². The van der Waals surface area contributed by atoms with E-state index in [1.165, 1.54) is 0 Å². The molecule has 6 N–H and O–H groups in total. The topological polar surface area (TPSA) is 103 Å². The summed E-state index contributed by atoms with van der Waals surface area (Å²) in [5.41, 5.74) is 12.3. The predicted molar refractivity (Wildman–Crippen MR) is 116 cm³/mol. The highest BCUT2D eigenvalue weighted by Crippen LogP contribution is 2.73. The van der Waals surface area contributed by atoms with E-state index in [0.717, 1.165) is 17.6 Å². The van der Waals surface area contributed by atoms with Gasteiger partial charge in [0.1, 0.15) is 6.10 Å². The van der Waals surface area contributed by atoms with E-state index in [9.17, 15) is 5.11 Å². The molecule has 4 aliphatic carbocycles. The number of aliphatic hydroxyl groups excluding tert-OH is 1. The number of hydrogen-bond acceptors (Lipinski definition) is 6. The Morgan fingerprint density at radius 2 is 2.00 bits per heavy atom. The summed E-state index contributed by atoms with van der Waals surface area (Å²) in [7, 11) is 1.82. The molecule has 2 saturated carbocycles. The Balaban J connectivity index is 1.77. The van der Waals surface area contributed by atoms with Crippen molar-refractivity contribution in [3.05, 3.63) is 23.3 Å². The first kappa shape index (κ1) is 22.0. The van der Waals surface area contributed by atoms with Gasteiger partial charge in [-0.1, -0.05) is 38.5 Å². The maximum Gasteiger partial charge on any atom is 0.190 e. The summed E-state index contributed by atoms with van der Waals surface area (Å²) in [6.45, 7) is 13.4. The van der Waals surface area contributed by atoms with Gasteiger partial charge in [-0.2, -0.15) is 4.84 Å². The van der Waals surface area contributed by atoms with Crippen molar-refractivity contribution in [1.82, 2.24) is 5.43 Å². The van der Waals surface area contributed by atoms with E-state index < -0.39 is 35.1 Å². The van der Waals surface area contributed by atoms with Crippen LogP contribution in [0, 0.1) is 34.5 Å². The fourth-order valence-electron chi connectivity index (χ4n) is 7.86. The van der Waals surface area contributed by atoms with Crippen LogP contribution in [-0.2, 0) is 14.3 Å². The zero-order valence-electron chi connectivity index (χ0n) is 19.9. The zero-order valence-corrected chi connectivity index (χ0v) is 19.9. The Morgan fingerprint density at radius 3 is 2.68 bits per heavy atom. The second kappa shape index (κ2) is 6.63. The molecule has 7 heteroatoms. The monoisotopic (exact) mass is 434 g/mol. The molecule has 7 nitrogen and oxygen atoms in total. The third-order valence-electron chi connectivity index (χ3n) is 9.42. The normalized spacial score (nSPS) is 51.5. The van der Waals surface area contributed by atoms with Crippen LogP contribution in [0.5, 0.6) is 0 Å². The van der Waals surface area contributed by atoms with Gasteiger partial charge in [0, 0.05) is 13.0 Å². The highest BCUT2D eigenvalue weighted by molar-refractivity contribution is 5.44. The van der Waals surface area contributed by atoms with Crippen LogP contribution in [0.2, 0.25) is 0 Å². The minimum Gasteiger partial charge on any atom is -0.391 e. The van der Waals surface area contributed by atoms with Gasteiger partial charge in [-0.25, -0.2) is 0 Å². The summed E-state index contributed by atoms with van der Waals surface area (Å²) >= 11 is 0. The van der Waals surface area contributed by atoms with Crippen molar-refractivity contribution in [1.29, 1.82) is 0 Å². The van der Waals surface area contributed by atoms with Gasteiger partial charge in [-0.3, -0.25) is 0 Å². The standard InChI is InChI=1S/C24H39N3O4/c1-12-10-23-13(2)8-16-17(21(16,3)4)15(19(23)28)9-14-11-29-22(5,6)30-20(14)24(23,18(12)25)31-27-26-7/h9-10,13,15-20,26-28H,8,11,25H2,1-7H3/p+1/t13-,15+,16-,17+,18+,19?,20-,23+,24-/m1/s1. The number of nitrogens with one attached hydrogen (secondary N) is 1. The van der Waals surface area contributed by atoms with Gasteiger partial charge in [0.25, 0.3) is 0 Å². The van der Waals surface area contributed by atoms with E-state index in [1.54, 1.807) is 5.59 Å². The maximum absolute atomic E-state index is 12.2. The van der Waals surface area contributed by atoms with Gasteiger partial charge in [0.2, 0.25) is 0 Å². The molecule has 0 aromatic rings. The van der Waals surface area contributed by atoms with Crippen molar-refractivity contribution >= 4 is 0 Å². The number of quaternary nitrogens is 1. The highest BCUT2D eigenvalue weighted by atomic mass is 16.7. The maximum atomic E-state index is 12.2. The lowest BCUT2D eigenvalue weighted by atomic mass is 9.57. The summed E-state index contributed by atoms with van der Waals surface area (Å²) in [4.78, 5) is 6.65. The molecule has 1 saturated heterocycles. The van der Waals surface area contributed by atoms with Gasteiger partial charge in [-0.15, -0.1) is 11.0 Å². The lowest BCUT2D eigenvalue weighted by molar-refractivity contribution is -0.953. The van der Waals surface area contributed by atoms with Gasteiger partial charge < -0.3 is 20.3 Å². The largest absolute Gasteiger partial charge is 0.391 e. The van der Waals surface area contributed by atoms with Crippen molar-refractivity contribution in [3.8, 4) is 0 Å². The van der Waals surface area contributed by atoms with Crippen LogP contribution < -0.4 is 16.7 Å². The summed E-state index contributed by atoms with van der Waals surface area (Å²) in [6.07, 6.45) is 4.52. The van der Waals surface area contributed by atoms with Gasteiger partial charge in [-0.05, 0) is 55.9 Å². The Morgan fingerprint density at radius 1 is 1.29 bits per heavy atom. The third-order valence-corrected chi connectivity index (χ3v) is 9.42. The number of fused-ring (bicyclic) bond motifs is 5. The first-order chi connectivity index (χ1) is 14.4. The lowest BCUT2D eigenvalue weighted by Crippen LogP contribution is -2.97. The summed E-state index contributed by atoms with van der Waals surface area (Å²) < 4.78 is 12.7. The van der Waals surface area contributed by atoms with Crippen LogP contribution in [0.15, 0.2) is 23.3 Å². The van der Waals surface area contributed by atoms with Crippen LogP contribution in [0.25, 0.3) is 0 Å². The second-order valence-electron chi connectivity index (χ2n) is 11.7. The van der Waals surface area contributed by atoms with Crippen molar-refractivity contribution in [3.63, 3.8) is 0 Å². The minimum atomic E-state index is -0.957. The Labute approximate surface area is 185 Å². The fourth-order valence-corrected chi connectivity index (χ4v) is 7.86. The molecule has 9 atom stereocenters. The smallest absolute Gasteiger partial charge is 0.190 e. The first-order valence-corrected chi connectivity index (χ1v) is 11.8. The SMILES string of the molecule is CN[NH2+]O[C@]12[C@@H]3OC(C)(C)OCC3=C[C@@H]3C(O)[C@]1(C=C(C)[C@@H]2N)[C@H](C)C[C@@H]1[C@H]3C1(C)C. The molecule has 0 radical (unpaired) electrons. The summed E-state index contributed by atoms with van der Waals surface area (Å²) in [5.74, 6) is 0.442. The van der Waals surface area contributed by atoms with E-state index in [-0.39, 0.29) is 17.3 Å². The number of rotatable bonds is 3. The molecule has 0 amide bonds. The molecular formula is C24H40N3O4+. The van der Waals surface area contributed by atoms with Crippen molar-refractivity contribution in [2.75, 3.05) is 13.7 Å². The van der Waals surface area contributed by atoms with Crippen molar-refractivity contribution in [2.45, 2.75) is 77.6 Å². The zero-order chi connectivity index (χ0) is 22.6. The van der Waals surface area contributed by atoms with Crippen LogP contribution in [0.1, 0.15) is 48.0 Å². The van der Waals surface area contributed by atoms with Crippen LogP contribution in [0.3, 0.4) is 0 Å². The number of aliphatic hydroxyl groups is 1. The molecule has 174 valence electrons. The number of ether oxygens (including phenoxy) is 2. The quantitative estimate of drug-likeness (QED) is 0.300. The Bertz CT molecular complexity index is 839. The molecule has 1 unspecified atom stereocenters. The average Bonchev–Trinajstić information content (AvgIpc) is 3.18. The molecule has 0 aromatic carbocycles. The summed E-state index contributed by atoms with van der Waals surface area (Å²) in [5, 5.41) is 12.2. The lowest BCUT2D eigenvalue weighted by Gasteiger charge is -2.55. The van der Waals surface area contributed by atoms with Gasteiger partial charge in [0.15, 0.2) is 11.4 Å².